The van der Waals surface area contributed by atoms with Crippen molar-refractivity contribution < 1.29 is 0 Å². The lowest BCUT2D eigenvalue weighted by molar-refractivity contribution is 0.347. The smallest absolute Gasteiger partial charge is 0.109 e. The van der Waals surface area contributed by atoms with E-state index in [1.807, 2.05) is 0 Å². The van der Waals surface area contributed by atoms with Crippen LogP contribution in [0.5, 0.6) is 0 Å². The third-order valence-corrected chi connectivity index (χ3v) is 6.61. The minimum absolute atomic E-state index is 0.994. The highest BCUT2D eigenvalue weighted by atomic mass is 32.1. The Morgan fingerprint density at radius 1 is 0.615 bits per heavy atom. The molecule has 2 aliphatic carbocycles. The van der Waals surface area contributed by atoms with Gasteiger partial charge in [-0.15, -0.1) is 0 Å². The summed E-state index contributed by atoms with van der Waals surface area (Å²) in [6.07, 6.45) is 7.61. The fraction of sp³-hybridized carbons (Fsp3) is 0.455. The van der Waals surface area contributed by atoms with Crippen LogP contribution in [0.3, 0.4) is 0 Å². The highest BCUT2D eigenvalue weighted by Crippen LogP contribution is 2.35. The van der Waals surface area contributed by atoms with Crippen molar-refractivity contribution in [1.29, 1.82) is 0 Å². The zero-order chi connectivity index (χ0) is 17.9. The fourth-order valence-electron chi connectivity index (χ4n) is 4.21. The Hall–Kier alpha value is -1.52. The van der Waals surface area contributed by atoms with E-state index < -0.39 is 0 Å². The molecule has 4 aliphatic rings. The van der Waals surface area contributed by atoms with Crippen LogP contribution in [-0.2, 0) is 0 Å². The van der Waals surface area contributed by atoms with Crippen molar-refractivity contribution in [2.45, 2.75) is 38.5 Å². The molecule has 2 heterocycles. The molecule has 136 valence electrons. The van der Waals surface area contributed by atoms with Gasteiger partial charge in [-0.1, -0.05) is 54.8 Å². The van der Waals surface area contributed by atoms with E-state index in [0.29, 0.717) is 0 Å². The van der Waals surface area contributed by atoms with Gasteiger partial charge in [0.25, 0.3) is 0 Å². The molecule has 0 atom stereocenters. The van der Waals surface area contributed by atoms with Gasteiger partial charge in [0, 0.05) is 37.3 Å². The third-order valence-electron chi connectivity index (χ3n) is 5.65. The van der Waals surface area contributed by atoms with Crippen LogP contribution >= 0.6 is 24.4 Å². The lowest BCUT2D eigenvalue weighted by Gasteiger charge is -2.29. The van der Waals surface area contributed by atoms with E-state index >= 15 is 0 Å². The Bertz CT molecular complexity index is 712. The van der Waals surface area contributed by atoms with E-state index in [9.17, 15) is 0 Å². The second-order valence-corrected chi connectivity index (χ2v) is 8.19. The predicted octanol–water partition coefficient (Wildman–Crippen LogP) is 5.11. The lowest BCUT2D eigenvalue weighted by Crippen LogP contribution is -2.35. The molecular weight excluding hydrogens is 356 g/mol. The average Bonchev–Trinajstić information content (AvgIpc) is 2.89. The molecule has 0 aromatic rings. The van der Waals surface area contributed by atoms with E-state index in [4.69, 9.17) is 24.4 Å². The second-order valence-electron chi connectivity index (χ2n) is 7.42. The zero-order valence-corrected chi connectivity index (χ0v) is 16.9. The van der Waals surface area contributed by atoms with Crippen molar-refractivity contribution >= 4 is 34.4 Å². The summed E-state index contributed by atoms with van der Waals surface area (Å²) in [6.45, 7) is 4.32. The lowest BCUT2D eigenvalue weighted by atomic mass is 10.1. The van der Waals surface area contributed by atoms with Crippen molar-refractivity contribution in [3.8, 4) is 11.1 Å². The van der Waals surface area contributed by atoms with Gasteiger partial charge in [0.2, 0.25) is 0 Å². The highest BCUT2D eigenvalue weighted by Gasteiger charge is 2.25. The van der Waals surface area contributed by atoms with Crippen molar-refractivity contribution in [2.24, 2.45) is 0 Å². The molecular formula is C22H26N2S2. The van der Waals surface area contributed by atoms with E-state index in [-0.39, 0.29) is 0 Å². The molecule has 2 nitrogen and oxygen atoms in total. The Kier molecular flexibility index (Phi) is 5.51. The first-order valence-corrected chi connectivity index (χ1v) is 10.7. The van der Waals surface area contributed by atoms with Crippen molar-refractivity contribution in [3.63, 3.8) is 0 Å². The summed E-state index contributed by atoms with van der Waals surface area (Å²) >= 11 is 11.9. The van der Waals surface area contributed by atoms with Crippen LogP contribution in [0.2, 0.25) is 0 Å². The number of rotatable bonds is 2. The number of fused-ring (bicyclic) bond motifs is 1. The molecule has 0 spiro atoms. The normalized spacial score (nSPS) is 18.2. The number of nitrogens with zero attached hydrogens (tertiary/aromatic N) is 2. The topological polar surface area (TPSA) is 6.48 Å². The van der Waals surface area contributed by atoms with E-state index in [1.54, 1.807) is 0 Å². The summed E-state index contributed by atoms with van der Waals surface area (Å²) in [5.74, 6) is 0. The Balaban J connectivity index is 1.72. The van der Waals surface area contributed by atoms with Crippen LogP contribution < -0.4 is 0 Å². The van der Waals surface area contributed by atoms with Crippen LogP contribution in [0, 0.1) is 0 Å². The maximum Gasteiger partial charge on any atom is 0.109 e. The monoisotopic (exact) mass is 382 g/mol. The SMILES string of the molecule is S=C(c1cc(C(=S)N2CCCCC2)c2cccccc1-2)N1CCCCC1. The first-order valence-electron chi connectivity index (χ1n) is 9.86. The van der Waals surface area contributed by atoms with Gasteiger partial charge in [-0.3, -0.25) is 0 Å². The van der Waals surface area contributed by atoms with Crippen LogP contribution in [0.15, 0.2) is 36.4 Å². The van der Waals surface area contributed by atoms with Gasteiger partial charge in [0.1, 0.15) is 9.98 Å². The maximum atomic E-state index is 5.93. The first kappa shape index (κ1) is 17.9. The Labute approximate surface area is 167 Å². The van der Waals surface area contributed by atoms with Crippen molar-refractivity contribution in [3.05, 3.63) is 47.5 Å². The molecule has 4 rings (SSSR count). The summed E-state index contributed by atoms with van der Waals surface area (Å²) < 4.78 is 0. The first-order chi connectivity index (χ1) is 12.8. The van der Waals surface area contributed by atoms with Gasteiger partial charge in [-0.05, 0) is 55.7 Å². The Morgan fingerprint density at radius 2 is 1.04 bits per heavy atom. The molecule has 0 radical (unpaired) electrons. The van der Waals surface area contributed by atoms with Gasteiger partial charge in [0.05, 0.1) is 0 Å². The molecule has 0 aromatic heterocycles. The standard InChI is InChI=1S/C22H26N2S2/c25-21(23-12-6-2-7-13-23)19-16-20(18-11-5-1-4-10-17(18)19)22(26)24-14-8-3-9-15-24/h1,4-5,10-11,16H,2-3,6-9,12-15H2. The molecule has 0 unspecified atom stereocenters. The van der Waals surface area contributed by atoms with Crippen LogP contribution in [0.1, 0.15) is 49.7 Å². The summed E-state index contributed by atoms with van der Waals surface area (Å²) in [5.41, 5.74) is 4.84. The molecule has 2 aliphatic heterocycles. The van der Waals surface area contributed by atoms with Crippen molar-refractivity contribution in [1.82, 2.24) is 9.80 Å². The molecule has 0 aromatic carbocycles. The number of hydrogen-bond donors (Lipinski definition) is 0. The van der Waals surface area contributed by atoms with E-state index in [2.05, 4.69) is 46.2 Å². The average molecular weight is 383 g/mol. The van der Waals surface area contributed by atoms with Crippen LogP contribution in [-0.4, -0.2) is 46.0 Å². The summed E-state index contributed by atoms with van der Waals surface area (Å²) in [6, 6.07) is 13.0. The molecule has 0 bridgehead atoms. The minimum atomic E-state index is 0.994. The largest absolute Gasteiger partial charge is 0.362 e. The molecule has 0 amide bonds. The zero-order valence-electron chi connectivity index (χ0n) is 15.2. The quantitative estimate of drug-likeness (QED) is 0.665. The summed E-state index contributed by atoms with van der Waals surface area (Å²) in [5, 5.41) is 0. The van der Waals surface area contributed by atoms with Gasteiger partial charge < -0.3 is 9.80 Å². The number of likely N-dealkylation sites (tertiary alicyclic amines) is 2. The molecule has 2 fully saturated rings. The molecule has 2 saturated heterocycles. The van der Waals surface area contributed by atoms with E-state index in [1.165, 1.54) is 60.8 Å². The predicted molar refractivity (Wildman–Crippen MR) is 117 cm³/mol. The van der Waals surface area contributed by atoms with Crippen LogP contribution in [0.4, 0.5) is 0 Å². The molecule has 26 heavy (non-hydrogen) atoms. The maximum absolute atomic E-state index is 5.93. The van der Waals surface area contributed by atoms with Gasteiger partial charge in [-0.25, -0.2) is 0 Å². The van der Waals surface area contributed by atoms with Gasteiger partial charge in [-0.2, -0.15) is 0 Å². The van der Waals surface area contributed by atoms with Gasteiger partial charge in [0.15, 0.2) is 0 Å². The summed E-state index contributed by atoms with van der Waals surface area (Å²) in [4.78, 5) is 6.75. The van der Waals surface area contributed by atoms with E-state index in [0.717, 1.165) is 36.2 Å². The molecule has 4 heteroatoms. The fourth-order valence-corrected chi connectivity index (χ4v) is 4.91. The Morgan fingerprint density at radius 3 is 1.46 bits per heavy atom. The molecule has 0 saturated carbocycles. The number of hydrogen-bond acceptors (Lipinski definition) is 2. The van der Waals surface area contributed by atoms with Crippen molar-refractivity contribution in [2.75, 3.05) is 26.2 Å². The second kappa shape index (κ2) is 8.01. The summed E-state index contributed by atoms with van der Waals surface area (Å²) in [7, 11) is 0. The van der Waals surface area contributed by atoms with Crippen LogP contribution in [0.25, 0.3) is 11.1 Å². The minimum Gasteiger partial charge on any atom is -0.362 e. The highest BCUT2D eigenvalue weighted by molar-refractivity contribution is 7.81. The van der Waals surface area contributed by atoms with Gasteiger partial charge >= 0.3 is 0 Å². The third kappa shape index (κ3) is 3.49. The molecule has 0 N–H and O–H groups in total. The number of piperidine rings is 2. The number of thiocarbonyl (C=S) groups is 2.